The van der Waals surface area contributed by atoms with E-state index in [9.17, 15) is 0 Å². The largest absolute Gasteiger partial charge is 0.310 e. The fourth-order valence-electron chi connectivity index (χ4n) is 9.54. The lowest BCUT2D eigenvalue weighted by Crippen LogP contribution is -2.16. The molecule has 0 radical (unpaired) electrons. The zero-order valence-electron chi connectivity index (χ0n) is 33.7. The van der Waals surface area contributed by atoms with E-state index in [1.54, 1.807) is 0 Å². The van der Waals surface area contributed by atoms with Crippen molar-refractivity contribution in [2.24, 2.45) is 0 Å². The zero-order chi connectivity index (χ0) is 40.2. The molecule has 3 nitrogen and oxygen atoms in total. The Kier molecular flexibility index (Phi) is 8.49. The maximum atomic E-state index is 2.42. The predicted octanol–water partition coefficient (Wildman–Crippen LogP) is 15.7. The number of fused-ring (bicyclic) bond motifs is 6. The van der Waals surface area contributed by atoms with Crippen LogP contribution in [-0.2, 0) is 5.41 Å². The summed E-state index contributed by atoms with van der Waals surface area (Å²) in [6.45, 7) is 4.70. The smallest absolute Gasteiger partial charge is 0.0568 e. The standard InChI is InChI=1S/C57H43N3/c1-57(2)52-29-17-15-27-48(52)49-36-35-46(38-53(49)57)58(41-19-7-3-8-20-41)45-33-31-40(32-34-45)51-37-47(59(42-21-9-4-10-22-42)43-23-11-5-12-24-43)39-55-56(51)50-28-16-18-30-54(50)60(55)44-25-13-6-14-26-44/h3-39H,1-2H3. The van der Waals surface area contributed by atoms with Gasteiger partial charge in [-0.2, -0.15) is 0 Å². The highest BCUT2D eigenvalue weighted by molar-refractivity contribution is 6.17. The second-order valence-corrected chi connectivity index (χ2v) is 16.2. The first kappa shape index (κ1) is 35.5. The maximum absolute atomic E-state index is 2.42. The molecule has 0 fully saturated rings. The number of para-hydroxylation sites is 5. The van der Waals surface area contributed by atoms with Crippen molar-refractivity contribution in [2.45, 2.75) is 19.3 Å². The molecule has 0 amide bonds. The van der Waals surface area contributed by atoms with Gasteiger partial charge in [0, 0.05) is 56.0 Å². The first-order valence-electron chi connectivity index (χ1n) is 20.8. The van der Waals surface area contributed by atoms with Crippen molar-refractivity contribution in [3.63, 3.8) is 0 Å². The average Bonchev–Trinajstić information content (AvgIpc) is 3.76. The molecule has 3 heteroatoms. The minimum Gasteiger partial charge on any atom is -0.310 e. The van der Waals surface area contributed by atoms with E-state index < -0.39 is 0 Å². The van der Waals surface area contributed by atoms with Crippen LogP contribution in [0.15, 0.2) is 224 Å². The summed E-state index contributed by atoms with van der Waals surface area (Å²) >= 11 is 0. The molecule has 0 aliphatic heterocycles. The minimum atomic E-state index is -0.100. The fourth-order valence-corrected chi connectivity index (χ4v) is 9.54. The molecule has 0 N–H and O–H groups in total. The van der Waals surface area contributed by atoms with Crippen LogP contribution in [-0.4, -0.2) is 4.57 Å². The first-order chi connectivity index (χ1) is 29.5. The lowest BCUT2D eigenvalue weighted by Gasteiger charge is -2.28. The molecule has 10 aromatic rings. The second-order valence-electron chi connectivity index (χ2n) is 16.2. The molecule has 286 valence electrons. The van der Waals surface area contributed by atoms with E-state index >= 15 is 0 Å². The van der Waals surface area contributed by atoms with Crippen LogP contribution in [0, 0.1) is 0 Å². The molecule has 11 rings (SSSR count). The van der Waals surface area contributed by atoms with Gasteiger partial charge in [-0.3, -0.25) is 0 Å². The van der Waals surface area contributed by atoms with E-state index in [0.29, 0.717) is 0 Å². The molecule has 0 saturated carbocycles. The Bertz CT molecular complexity index is 3110. The van der Waals surface area contributed by atoms with Crippen molar-refractivity contribution < 1.29 is 0 Å². The van der Waals surface area contributed by atoms with Crippen molar-refractivity contribution in [3.05, 3.63) is 236 Å². The molecular weight excluding hydrogens is 727 g/mol. The topological polar surface area (TPSA) is 11.4 Å². The Balaban J connectivity index is 1.12. The maximum Gasteiger partial charge on any atom is 0.0568 e. The highest BCUT2D eigenvalue weighted by atomic mass is 15.1. The Morgan fingerprint density at radius 2 is 0.850 bits per heavy atom. The van der Waals surface area contributed by atoms with E-state index in [1.807, 2.05) is 0 Å². The van der Waals surface area contributed by atoms with Gasteiger partial charge in [-0.05, 0) is 124 Å². The molecule has 0 atom stereocenters. The van der Waals surface area contributed by atoms with E-state index in [4.69, 9.17) is 0 Å². The number of hydrogen-bond acceptors (Lipinski definition) is 2. The van der Waals surface area contributed by atoms with Crippen LogP contribution in [0.2, 0.25) is 0 Å². The summed E-state index contributed by atoms with van der Waals surface area (Å²) in [5, 5.41) is 2.45. The SMILES string of the molecule is CC1(C)c2ccccc2-c2ccc(N(c3ccccc3)c3ccc(-c4cc(N(c5ccccc5)c5ccccc5)cc5c4c4ccccc4n5-c4ccccc4)cc3)cc21. The van der Waals surface area contributed by atoms with Crippen molar-refractivity contribution >= 4 is 55.9 Å². The Morgan fingerprint density at radius 3 is 1.50 bits per heavy atom. The van der Waals surface area contributed by atoms with Gasteiger partial charge in [0.15, 0.2) is 0 Å². The van der Waals surface area contributed by atoms with Gasteiger partial charge < -0.3 is 14.4 Å². The highest BCUT2D eigenvalue weighted by Crippen LogP contribution is 2.51. The third kappa shape index (κ3) is 5.81. The van der Waals surface area contributed by atoms with Crippen molar-refractivity contribution in [2.75, 3.05) is 9.80 Å². The van der Waals surface area contributed by atoms with Gasteiger partial charge in [-0.15, -0.1) is 0 Å². The van der Waals surface area contributed by atoms with Crippen molar-refractivity contribution in [3.8, 4) is 27.9 Å². The minimum absolute atomic E-state index is 0.100. The van der Waals surface area contributed by atoms with E-state index in [0.717, 1.165) is 50.9 Å². The average molecular weight is 770 g/mol. The van der Waals surface area contributed by atoms with E-state index in [1.165, 1.54) is 44.1 Å². The van der Waals surface area contributed by atoms with E-state index in [-0.39, 0.29) is 5.41 Å². The molecule has 60 heavy (non-hydrogen) atoms. The fraction of sp³-hybridized carbons (Fsp3) is 0.0526. The second kappa shape index (κ2) is 14.3. The number of rotatable bonds is 8. The third-order valence-corrected chi connectivity index (χ3v) is 12.3. The summed E-state index contributed by atoms with van der Waals surface area (Å²) in [4.78, 5) is 4.76. The van der Waals surface area contributed by atoms with Crippen LogP contribution in [0.4, 0.5) is 34.1 Å². The summed E-state index contributed by atoms with van der Waals surface area (Å²) < 4.78 is 2.42. The lowest BCUT2D eigenvalue weighted by atomic mass is 9.82. The third-order valence-electron chi connectivity index (χ3n) is 12.3. The Morgan fingerprint density at radius 1 is 0.350 bits per heavy atom. The van der Waals surface area contributed by atoms with Crippen LogP contribution in [0.3, 0.4) is 0 Å². The first-order valence-corrected chi connectivity index (χ1v) is 20.8. The van der Waals surface area contributed by atoms with E-state index in [2.05, 4.69) is 253 Å². The number of nitrogens with zero attached hydrogens (tertiary/aromatic N) is 3. The van der Waals surface area contributed by atoms with Crippen molar-refractivity contribution in [1.82, 2.24) is 4.57 Å². The lowest BCUT2D eigenvalue weighted by molar-refractivity contribution is 0.660. The van der Waals surface area contributed by atoms with Gasteiger partial charge in [-0.25, -0.2) is 0 Å². The number of hydrogen-bond donors (Lipinski definition) is 0. The van der Waals surface area contributed by atoms with Crippen LogP contribution < -0.4 is 9.80 Å². The zero-order valence-corrected chi connectivity index (χ0v) is 33.7. The van der Waals surface area contributed by atoms with Crippen LogP contribution in [0.25, 0.3) is 49.7 Å². The van der Waals surface area contributed by atoms with Crippen LogP contribution in [0.1, 0.15) is 25.0 Å². The monoisotopic (exact) mass is 769 g/mol. The van der Waals surface area contributed by atoms with Crippen molar-refractivity contribution in [1.29, 1.82) is 0 Å². The van der Waals surface area contributed by atoms with Gasteiger partial charge in [0.2, 0.25) is 0 Å². The summed E-state index contributed by atoms with van der Waals surface area (Å²) in [6, 6.07) is 81.5. The molecule has 1 heterocycles. The van der Waals surface area contributed by atoms with Gasteiger partial charge in [0.05, 0.1) is 11.0 Å². The molecule has 9 aromatic carbocycles. The Labute approximate surface area is 351 Å². The van der Waals surface area contributed by atoms with Gasteiger partial charge in [0.25, 0.3) is 0 Å². The highest BCUT2D eigenvalue weighted by Gasteiger charge is 2.35. The quantitative estimate of drug-likeness (QED) is 0.152. The molecule has 0 spiro atoms. The summed E-state index contributed by atoms with van der Waals surface area (Å²) in [6.07, 6.45) is 0. The number of benzene rings is 9. The molecule has 1 aliphatic rings. The molecule has 0 saturated heterocycles. The summed E-state index contributed by atoms with van der Waals surface area (Å²) in [7, 11) is 0. The molecule has 1 aliphatic carbocycles. The number of anilines is 6. The summed E-state index contributed by atoms with van der Waals surface area (Å²) in [5.74, 6) is 0. The normalized spacial score (nSPS) is 12.6. The predicted molar refractivity (Wildman–Crippen MR) is 253 cm³/mol. The van der Waals surface area contributed by atoms with Gasteiger partial charge in [-0.1, -0.05) is 147 Å². The molecular formula is C57H43N3. The van der Waals surface area contributed by atoms with Crippen LogP contribution in [0.5, 0.6) is 0 Å². The Hall–Kier alpha value is -7.62. The molecule has 0 unspecified atom stereocenters. The van der Waals surface area contributed by atoms with Gasteiger partial charge >= 0.3 is 0 Å². The molecule has 1 aromatic heterocycles. The number of aromatic nitrogens is 1. The van der Waals surface area contributed by atoms with Gasteiger partial charge in [0.1, 0.15) is 0 Å². The summed E-state index contributed by atoms with van der Waals surface area (Å²) in [5.41, 5.74) is 17.8. The van der Waals surface area contributed by atoms with Crippen LogP contribution >= 0.6 is 0 Å². The molecule has 0 bridgehead atoms.